The van der Waals surface area contributed by atoms with E-state index < -0.39 is 0 Å². The summed E-state index contributed by atoms with van der Waals surface area (Å²) in [6, 6.07) is 8.30. The van der Waals surface area contributed by atoms with Gasteiger partial charge in [-0.3, -0.25) is 0 Å². The van der Waals surface area contributed by atoms with E-state index in [0.717, 1.165) is 23.4 Å². The van der Waals surface area contributed by atoms with E-state index in [1.54, 1.807) is 0 Å². The van der Waals surface area contributed by atoms with Crippen molar-refractivity contribution in [2.75, 3.05) is 11.5 Å². The van der Waals surface area contributed by atoms with Crippen LogP contribution in [0.5, 0.6) is 0 Å². The van der Waals surface area contributed by atoms with Crippen LogP contribution in [0.15, 0.2) is 35.7 Å². The highest BCUT2D eigenvalue weighted by molar-refractivity contribution is 7.80. The normalized spacial score (nSPS) is 11.1. The molecule has 0 saturated heterocycles. The number of hydrogen-bond acceptors (Lipinski definition) is 4. The van der Waals surface area contributed by atoms with Crippen molar-refractivity contribution in [2.24, 2.45) is 0 Å². The first-order valence-electron chi connectivity index (χ1n) is 5.38. The SMILES string of the molecule is Nc1nc(-c2ccc(C=CCCS)cc2)cs1. The zero-order valence-corrected chi connectivity index (χ0v) is 11.0. The molecule has 1 aromatic heterocycles. The van der Waals surface area contributed by atoms with E-state index in [2.05, 4.69) is 54.0 Å². The quantitative estimate of drug-likeness (QED) is 0.824. The first kappa shape index (κ1) is 12.2. The summed E-state index contributed by atoms with van der Waals surface area (Å²) in [5, 5.41) is 2.58. The second-order valence-corrected chi connectivity index (χ2v) is 4.94. The first-order chi connectivity index (χ1) is 8.29. The standard InChI is InChI=1S/C13H14N2S2/c14-13-15-12(9-17-13)11-6-4-10(5-7-11)3-1-2-8-16/h1,3-7,9,16H,2,8H2,(H2,14,15). The van der Waals surface area contributed by atoms with Gasteiger partial charge < -0.3 is 5.73 Å². The molecule has 0 aliphatic rings. The second kappa shape index (κ2) is 5.89. The van der Waals surface area contributed by atoms with E-state index in [1.165, 1.54) is 16.9 Å². The van der Waals surface area contributed by atoms with Crippen LogP contribution >= 0.6 is 24.0 Å². The van der Waals surface area contributed by atoms with E-state index in [1.807, 2.05) is 5.38 Å². The molecule has 0 amide bonds. The van der Waals surface area contributed by atoms with Crippen molar-refractivity contribution in [3.05, 3.63) is 41.3 Å². The Balaban J connectivity index is 2.13. The van der Waals surface area contributed by atoms with Crippen molar-refractivity contribution < 1.29 is 0 Å². The summed E-state index contributed by atoms with van der Waals surface area (Å²) in [6.07, 6.45) is 5.23. The number of thiazole rings is 1. The third-order valence-corrected chi connectivity index (χ3v) is 3.27. The average Bonchev–Trinajstić information content (AvgIpc) is 2.77. The highest BCUT2D eigenvalue weighted by Crippen LogP contribution is 2.23. The van der Waals surface area contributed by atoms with Gasteiger partial charge in [0.25, 0.3) is 0 Å². The lowest BCUT2D eigenvalue weighted by Crippen LogP contribution is -1.83. The third-order valence-electron chi connectivity index (χ3n) is 2.33. The molecule has 0 atom stereocenters. The van der Waals surface area contributed by atoms with Gasteiger partial charge in [-0.05, 0) is 17.7 Å². The maximum atomic E-state index is 5.62. The van der Waals surface area contributed by atoms with Crippen LogP contribution in [0, 0.1) is 0 Å². The van der Waals surface area contributed by atoms with Gasteiger partial charge in [0.05, 0.1) is 5.69 Å². The third kappa shape index (κ3) is 3.35. The molecular formula is C13H14N2S2. The smallest absolute Gasteiger partial charge is 0.180 e. The minimum Gasteiger partial charge on any atom is -0.375 e. The Hall–Kier alpha value is -1.26. The lowest BCUT2D eigenvalue weighted by atomic mass is 10.1. The van der Waals surface area contributed by atoms with Crippen molar-refractivity contribution in [3.63, 3.8) is 0 Å². The Kier molecular flexibility index (Phi) is 4.23. The van der Waals surface area contributed by atoms with E-state index in [-0.39, 0.29) is 0 Å². The molecule has 0 bridgehead atoms. The highest BCUT2D eigenvalue weighted by Gasteiger charge is 2.01. The molecule has 0 radical (unpaired) electrons. The van der Waals surface area contributed by atoms with Crippen LogP contribution in [0.2, 0.25) is 0 Å². The van der Waals surface area contributed by atoms with Crippen LogP contribution in [-0.2, 0) is 0 Å². The Bertz CT molecular complexity index is 500. The zero-order chi connectivity index (χ0) is 12.1. The molecule has 88 valence electrons. The zero-order valence-electron chi connectivity index (χ0n) is 9.34. The van der Waals surface area contributed by atoms with Crippen LogP contribution < -0.4 is 5.73 Å². The molecular weight excluding hydrogens is 248 g/mol. The summed E-state index contributed by atoms with van der Waals surface area (Å²) >= 11 is 5.63. The lowest BCUT2D eigenvalue weighted by Gasteiger charge is -1.97. The number of aromatic nitrogens is 1. The van der Waals surface area contributed by atoms with Gasteiger partial charge in [0.2, 0.25) is 0 Å². The summed E-state index contributed by atoms with van der Waals surface area (Å²) in [7, 11) is 0. The molecule has 4 heteroatoms. The number of nitrogen functional groups attached to an aromatic ring is 1. The van der Waals surface area contributed by atoms with Crippen molar-refractivity contribution in [1.82, 2.24) is 4.98 Å². The number of nitrogens with two attached hydrogens (primary N) is 1. The minimum atomic E-state index is 0.609. The van der Waals surface area contributed by atoms with Crippen molar-refractivity contribution in [2.45, 2.75) is 6.42 Å². The van der Waals surface area contributed by atoms with Gasteiger partial charge in [0.1, 0.15) is 0 Å². The topological polar surface area (TPSA) is 38.9 Å². The fourth-order valence-corrected chi connectivity index (χ4v) is 2.20. The van der Waals surface area contributed by atoms with E-state index in [4.69, 9.17) is 5.73 Å². The molecule has 1 heterocycles. The predicted octanol–water partition coefficient (Wildman–Crippen LogP) is 3.73. The fraction of sp³-hybridized carbons (Fsp3) is 0.154. The van der Waals surface area contributed by atoms with Gasteiger partial charge in [-0.2, -0.15) is 12.6 Å². The Labute approximate surface area is 111 Å². The molecule has 0 fully saturated rings. The maximum Gasteiger partial charge on any atom is 0.180 e. The molecule has 0 spiro atoms. The van der Waals surface area contributed by atoms with Crippen LogP contribution in [0.25, 0.3) is 17.3 Å². The number of nitrogens with zero attached hydrogens (tertiary/aromatic N) is 1. The molecule has 0 aliphatic heterocycles. The van der Waals surface area contributed by atoms with Crippen LogP contribution in [0.1, 0.15) is 12.0 Å². The number of anilines is 1. The number of benzene rings is 1. The summed E-state index contributed by atoms with van der Waals surface area (Å²) in [5.74, 6) is 0.882. The van der Waals surface area contributed by atoms with E-state index >= 15 is 0 Å². The number of allylic oxidation sites excluding steroid dienone is 1. The number of hydrogen-bond donors (Lipinski definition) is 2. The summed E-state index contributed by atoms with van der Waals surface area (Å²) < 4.78 is 0. The van der Waals surface area contributed by atoms with Crippen molar-refractivity contribution in [1.29, 1.82) is 0 Å². The van der Waals surface area contributed by atoms with Crippen molar-refractivity contribution in [3.8, 4) is 11.3 Å². The summed E-state index contributed by atoms with van der Waals surface area (Å²) in [6.45, 7) is 0. The molecule has 2 rings (SSSR count). The number of rotatable bonds is 4. The lowest BCUT2D eigenvalue weighted by molar-refractivity contribution is 1.26. The van der Waals surface area contributed by atoms with Crippen LogP contribution in [-0.4, -0.2) is 10.7 Å². The molecule has 2 aromatic rings. The molecule has 1 aromatic carbocycles. The van der Waals surface area contributed by atoms with E-state index in [9.17, 15) is 0 Å². The summed E-state index contributed by atoms with van der Waals surface area (Å²) in [5.41, 5.74) is 8.85. The Morgan fingerprint density at radius 3 is 2.65 bits per heavy atom. The van der Waals surface area contributed by atoms with Gasteiger partial charge >= 0.3 is 0 Å². The monoisotopic (exact) mass is 262 g/mol. The second-order valence-electron chi connectivity index (χ2n) is 3.61. The molecule has 0 saturated carbocycles. The van der Waals surface area contributed by atoms with Crippen LogP contribution in [0.4, 0.5) is 5.13 Å². The Morgan fingerprint density at radius 2 is 2.06 bits per heavy atom. The molecule has 0 aliphatic carbocycles. The van der Waals surface area contributed by atoms with Crippen molar-refractivity contribution >= 4 is 35.2 Å². The number of thiol groups is 1. The molecule has 17 heavy (non-hydrogen) atoms. The first-order valence-corrected chi connectivity index (χ1v) is 6.89. The largest absolute Gasteiger partial charge is 0.375 e. The van der Waals surface area contributed by atoms with Gasteiger partial charge in [-0.25, -0.2) is 4.98 Å². The maximum absolute atomic E-state index is 5.62. The minimum absolute atomic E-state index is 0.609. The average molecular weight is 262 g/mol. The fourth-order valence-electron chi connectivity index (χ4n) is 1.48. The van der Waals surface area contributed by atoms with Gasteiger partial charge in [0, 0.05) is 10.9 Å². The predicted molar refractivity (Wildman–Crippen MR) is 79.5 cm³/mol. The molecule has 2 nitrogen and oxygen atoms in total. The van der Waals surface area contributed by atoms with Gasteiger partial charge in [-0.15, -0.1) is 11.3 Å². The molecule has 0 unspecified atom stereocenters. The highest BCUT2D eigenvalue weighted by atomic mass is 32.1. The Morgan fingerprint density at radius 1 is 1.29 bits per heavy atom. The van der Waals surface area contributed by atoms with Gasteiger partial charge in [-0.1, -0.05) is 36.4 Å². The van der Waals surface area contributed by atoms with Gasteiger partial charge in [0.15, 0.2) is 5.13 Å². The molecule has 2 N–H and O–H groups in total. The van der Waals surface area contributed by atoms with Crippen LogP contribution in [0.3, 0.4) is 0 Å². The van der Waals surface area contributed by atoms with E-state index in [0.29, 0.717) is 5.13 Å². The summed E-state index contributed by atoms with van der Waals surface area (Å²) in [4.78, 5) is 4.25.